The molecule has 32 unspecified atom stereocenters. The Hall–Kier alpha value is -2.20. The monoisotopic (exact) mass is 1230 g/mol. The topological polar surface area (TPSA) is 399 Å². The number of allylic oxidation sites excluding steroid dienone is 1. The Balaban J connectivity index is 0.929. The van der Waals surface area contributed by atoms with Crippen molar-refractivity contribution < 1.29 is 128 Å². The zero-order valence-electron chi connectivity index (χ0n) is 51.1. The van der Waals surface area contributed by atoms with E-state index in [1.165, 1.54) is 13.8 Å². The van der Waals surface area contributed by atoms with Crippen molar-refractivity contribution >= 4 is 11.9 Å². The van der Waals surface area contributed by atoms with Gasteiger partial charge >= 0.3 is 11.9 Å². The summed E-state index contributed by atoms with van der Waals surface area (Å²) in [6, 6.07) is 0. The Labute approximate surface area is 500 Å². The van der Waals surface area contributed by atoms with Crippen LogP contribution in [0.25, 0.3) is 0 Å². The molecule has 492 valence electrons. The summed E-state index contributed by atoms with van der Waals surface area (Å²) in [5, 5.41) is 145. The molecule has 0 aromatic heterocycles. The molecule has 0 radical (unpaired) electrons. The van der Waals surface area contributed by atoms with Crippen LogP contribution >= 0.6 is 0 Å². The maximum Gasteiger partial charge on any atom is 0.333 e. The van der Waals surface area contributed by atoms with Gasteiger partial charge in [0.05, 0.1) is 43.7 Å². The lowest BCUT2D eigenvalue weighted by molar-refractivity contribution is -0.391. The van der Waals surface area contributed by atoms with Gasteiger partial charge in [-0.1, -0.05) is 54.5 Å². The fraction of sp³-hybridized carbons (Fsp3) is 0.933. The van der Waals surface area contributed by atoms with Crippen LogP contribution in [-0.4, -0.2) is 251 Å². The number of rotatable bonds is 13. The maximum atomic E-state index is 13.7. The molecule has 26 nitrogen and oxygen atoms in total. The molecular formula is C60H96O26. The smallest absolute Gasteiger partial charge is 0.333 e. The van der Waals surface area contributed by atoms with Crippen molar-refractivity contribution in [1.82, 2.24) is 0 Å². The first-order chi connectivity index (χ1) is 40.1. The van der Waals surface area contributed by atoms with Crippen molar-refractivity contribution in [3.05, 3.63) is 11.6 Å². The third kappa shape index (κ3) is 10.2. The van der Waals surface area contributed by atoms with E-state index >= 15 is 0 Å². The van der Waals surface area contributed by atoms with E-state index in [9.17, 15) is 76.0 Å². The lowest BCUT2D eigenvalue weighted by atomic mass is 9.30. The summed E-state index contributed by atoms with van der Waals surface area (Å²) < 4.78 is 68.8. The van der Waals surface area contributed by atoms with Crippen LogP contribution in [0.1, 0.15) is 128 Å². The van der Waals surface area contributed by atoms with E-state index in [0.717, 1.165) is 0 Å². The van der Waals surface area contributed by atoms with Crippen molar-refractivity contribution in [2.24, 2.45) is 50.2 Å². The summed E-state index contributed by atoms with van der Waals surface area (Å²) in [6.45, 7) is 19.1. The third-order valence-electron chi connectivity index (χ3n) is 23.7. The fourth-order valence-electron chi connectivity index (χ4n) is 18.6. The van der Waals surface area contributed by atoms with Crippen LogP contribution in [0, 0.1) is 50.2 Å². The van der Waals surface area contributed by atoms with Crippen LogP contribution in [0.2, 0.25) is 0 Å². The van der Waals surface area contributed by atoms with Crippen molar-refractivity contribution in [3.63, 3.8) is 0 Å². The maximum absolute atomic E-state index is 13.7. The Kier molecular flexibility index (Phi) is 18.4. The number of fused-ring (bicyclic) bond motifs is 4. The summed E-state index contributed by atoms with van der Waals surface area (Å²) in [4.78, 5) is 27.1. The van der Waals surface area contributed by atoms with E-state index in [4.69, 9.17) is 52.1 Å². The van der Waals surface area contributed by atoms with Crippen molar-refractivity contribution in [3.8, 4) is 0 Å². The van der Waals surface area contributed by atoms with Gasteiger partial charge in [-0.15, -0.1) is 0 Å². The average molecular weight is 1230 g/mol. The quantitative estimate of drug-likeness (QED) is 0.0577. The zero-order chi connectivity index (χ0) is 63.1. The molecule has 0 amide bonds. The van der Waals surface area contributed by atoms with Gasteiger partial charge < -0.3 is 118 Å². The highest BCUT2D eigenvalue weighted by molar-refractivity contribution is 5.87. The van der Waals surface area contributed by atoms with Gasteiger partial charge in [0.1, 0.15) is 103 Å². The van der Waals surface area contributed by atoms with Gasteiger partial charge in [-0.3, -0.25) is 4.79 Å². The summed E-state index contributed by atoms with van der Waals surface area (Å²) in [5.41, 5.74) is -5.35. The highest BCUT2D eigenvalue weighted by Gasteiger charge is 2.86. The predicted molar refractivity (Wildman–Crippen MR) is 292 cm³/mol. The van der Waals surface area contributed by atoms with E-state index in [1.54, 1.807) is 19.9 Å². The number of hydrogen-bond acceptors (Lipinski definition) is 26. The van der Waals surface area contributed by atoms with Gasteiger partial charge in [-0.25, -0.2) is 4.79 Å². The number of esters is 2. The van der Waals surface area contributed by atoms with Crippen LogP contribution in [0.5, 0.6) is 0 Å². The minimum absolute atomic E-state index is 0.0269. The summed E-state index contributed by atoms with van der Waals surface area (Å²) in [6.07, 6.45) is -31.7. The first kappa shape index (κ1) is 66.7. The highest BCUT2D eigenvalue weighted by Crippen LogP contribution is 2.82. The number of aliphatic hydroxyl groups excluding tert-OH is 13. The van der Waals surface area contributed by atoms with Gasteiger partial charge in [0, 0.05) is 23.8 Å². The molecular weight excluding hydrogens is 1140 g/mol. The number of hydrogen-bond donors (Lipinski definition) is 13. The molecule has 26 heteroatoms. The molecule has 13 N–H and O–H groups in total. The van der Waals surface area contributed by atoms with Crippen LogP contribution in [0.3, 0.4) is 0 Å². The summed E-state index contributed by atoms with van der Waals surface area (Å²) in [5.74, 6) is -1.77. The molecule has 2 bridgehead atoms. The third-order valence-corrected chi connectivity index (χ3v) is 23.7. The minimum Gasteiger partial charge on any atom is -0.462 e. The van der Waals surface area contributed by atoms with Gasteiger partial charge in [0.25, 0.3) is 0 Å². The van der Waals surface area contributed by atoms with Crippen molar-refractivity contribution in [2.75, 3.05) is 19.8 Å². The van der Waals surface area contributed by atoms with E-state index in [0.29, 0.717) is 50.5 Å². The van der Waals surface area contributed by atoms with Gasteiger partial charge in [-0.2, -0.15) is 0 Å². The normalized spacial score (nSPS) is 54.1. The van der Waals surface area contributed by atoms with Crippen molar-refractivity contribution in [1.29, 1.82) is 0 Å². The van der Waals surface area contributed by atoms with Crippen LogP contribution in [-0.2, 0) is 61.7 Å². The van der Waals surface area contributed by atoms with Crippen LogP contribution in [0.4, 0.5) is 0 Å². The Bertz CT molecular complexity index is 2480. The molecule has 86 heavy (non-hydrogen) atoms. The molecule has 10 rings (SSSR count). The Morgan fingerprint density at radius 2 is 1.20 bits per heavy atom. The van der Waals surface area contributed by atoms with Gasteiger partial charge in [0.15, 0.2) is 31.5 Å². The molecule has 10 fully saturated rings. The van der Waals surface area contributed by atoms with Crippen LogP contribution in [0.15, 0.2) is 11.6 Å². The lowest BCUT2D eigenvalue weighted by Crippen LogP contribution is -2.77. The molecule has 0 aromatic rings. The van der Waals surface area contributed by atoms with E-state index in [1.807, 2.05) is 13.8 Å². The molecule has 1 spiro atoms. The van der Waals surface area contributed by atoms with Crippen molar-refractivity contribution in [2.45, 2.75) is 281 Å². The second kappa shape index (κ2) is 23.7. The van der Waals surface area contributed by atoms with Gasteiger partial charge in [-0.05, 0) is 106 Å². The Morgan fingerprint density at radius 3 is 1.83 bits per heavy atom. The minimum atomic E-state index is -1.99. The number of carbonyl (C=O) groups is 2. The number of ether oxygens (including phenoxy) is 11. The molecule has 5 saturated carbocycles. The molecule has 5 heterocycles. The van der Waals surface area contributed by atoms with E-state index < -0.39 is 218 Å². The average Bonchev–Trinajstić information content (AvgIpc) is 1.35. The second-order valence-electron chi connectivity index (χ2n) is 28.8. The lowest BCUT2D eigenvalue weighted by Gasteiger charge is -2.75. The molecule has 5 aliphatic carbocycles. The highest BCUT2D eigenvalue weighted by atomic mass is 16.8. The Morgan fingerprint density at radius 1 is 0.605 bits per heavy atom. The first-order valence-corrected chi connectivity index (χ1v) is 30.8. The largest absolute Gasteiger partial charge is 0.462 e. The van der Waals surface area contributed by atoms with E-state index in [2.05, 4.69) is 34.6 Å². The van der Waals surface area contributed by atoms with Crippen LogP contribution < -0.4 is 0 Å². The fourth-order valence-corrected chi connectivity index (χ4v) is 18.6. The molecule has 0 aromatic carbocycles. The second-order valence-corrected chi connectivity index (χ2v) is 28.8. The molecule has 32 atom stereocenters. The van der Waals surface area contributed by atoms with E-state index in [-0.39, 0.29) is 23.7 Å². The summed E-state index contributed by atoms with van der Waals surface area (Å²) in [7, 11) is 0. The standard InChI is InChI=1S/C60H96O26/c1-12-24(2)48(74)85-47-46(73)54(5,6)19-32-59-18-14-31-56(9)16-15-33(55(7,8)30(56)13-17-57(31,10)58(59,11)20-34(79-26(4)62)60(32,47)53(75)86-59)82-52-45(84-50-42(71)39(68)36(65)28(21-61)80-50)44(27(63)22-76-52)83-51-43(72)40(69)37(66)29(81-51)23-77-49-41(70)38(67)35(64)25(3)78-49/h12,25,27-47,49-53,61,63-73,75H,13-23H2,1-11H3. The molecule has 5 aliphatic heterocycles. The molecule has 5 saturated heterocycles. The predicted octanol–water partition coefficient (Wildman–Crippen LogP) is -1.34. The molecule has 10 aliphatic rings. The number of aliphatic hydroxyl groups is 13. The first-order valence-electron chi connectivity index (χ1n) is 30.8. The zero-order valence-corrected chi connectivity index (χ0v) is 51.1. The SMILES string of the molecule is CC=C(C)C(=O)OC1C(O)C(C)(C)CC2C13C(O)OC21CCC2C4(C)CCC(OC5OCC(O)C(OC6OC(COC7OC(C)C(O)C(O)C7O)C(O)C(O)C6O)C5OC5OC(CO)C(O)C(O)C5O)C(C)(C)C4CCC2(C)C1(C)CC3OC(C)=O. The number of carbonyl (C=O) groups excluding carboxylic acids is 2. The van der Waals surface area contributed by atoms with Gasteiger partial charge in [0.2, 0.25) is 0 Å². The summed E-state index contributed by atoms with van der Waals surface area (Å²) >= 11 is 0.